The minimum absolute atomic E-state index is 0.0625. The highest BCUT2D eigenvalue weighted by Gasteiger charge is 2.37. The smallest absolute Gasteiger partial charge is 0.410 e. The molecule has 2 rings (SSSR count). The topological polar surface area (TPSA) is 59.1 Å². The third kappa shape index (κ3) is 2.86. The van der Waals surface area contributed by atoms with Crippen molar-refractivity contribution in [3.8, 4) is 0 Å². The van der Waals surface area contributed by atoms with Crippen LogP contribution in [-0.4, -0.2) is 59.9 Å². The molecule has 0 saturated carbocycles. The van der Waals surface area contributed by atoms with Crippen molar-refractivity contribution in [2.45, 2.75) is 38.8 Å². The van der Waals surface area contributed by atoms with Crippen molar-refractivity contribution < 1.29 is 19.1 Å². The van der Waals surface area contributed by atoms with Crippen molar-refractivity contribution in [1.29, 1.82) is 0 Å². The van der Waals surface area contributed by atoms with Gasteiger partial charge in [0, 0.05) is 26.1 Å². The van der Waals surface area contributed by atoms with E-state index in [-0.39, 0.29) is 18.2 Å². The summed E-state index contributed by atoms with van der Waals surface area (Å²) in [6.07, 6.45) is 0.196. The summed E-state index contributed by atoms with van der Waals surface area (Å²) in [5, 5.41) is 0. The molecule has 0 aromatic carbocycles. The van der Waals surface area contributed by atoms with Gasteiger partial charge in [-0.3, -0.25) is 0 Å². The van der Waals surface area contributed by atoms with Crippen molar-refractivity contribution in [1.82, 2.24) is 9.80 Å². The molecule has 1 atom stereocenters. The van der Waals surface area contributed by atoms with Gasteiger partial charge in [0.25, 0.3) is 0 Å². The molecule has 2 amide bonds. The first kappa shape index (κ1) is 13.0. The molecule has 0 aromatic heterocycles. The molecule has 2 heterocycles. The van der Waals surface area contributed by atoms with Crippen molar-refractivity contribution in [3.63, 3.8) is 0 Å². The first-order valence-corrected chi connectivity index (χ1v) is 6.28. The molecule has 6 heteroatoms. The fourth-order valence-electron chi connectivity index (χ4n) is 2.20. The van der Waals surface area contributed by atoms with Gasteiger partial charge in [-0.25, -0.2) is 9.59 Å². The number of ether oxygens (including phenoxy) is 2. The lowest BCUT2D eigenvalue weighted by molar-refractivity contribution is -0.0148. The van der Waals surface area contributed by atoms with E-state index in [9.17, 15) is 9.59 Å². The lowest BCUT2D eigenvalue weighted by Gasteiger charge is -2.43. The van der Waals surface area contributed by atoms with E-state index >= 15 is 0 Å². The van der Waals surface area contributed by atoms with E-state index in [4.69, 9.17) is 9.47 Å². The molecule has 102 valence electrons. The van der Waals surface area contributed by atoms with Crippen LogP contribution in [0.1, 0.15) is 27.2 Å². The summed E-state index contributed by atoms with van der Waals surface area (Å²) in [5.74, 6) is 0. The molecular weight excluding hydrogens is 236 g/mol. The second-order valence-electron chi connectivity index (χ2n) is 5.68. The minimum Gasteiger partial charge on any atom is -0.449 e. The highest BCUT2D eigenvalue weighted by Crippen LogP contribution is 2.20. The lowest BCUT2D eigenvalue weighted by atomic mass is 10.1. The molecule has 1 unspecified atom stereocenters. The van der Waals surface area contributed by atoms with Crippen LogP contribution in [0.4, 0.5) is 9.59 Å². The fourth-order valence-corrected chi connectivity index (χ4v) is 2.20. The summed E-state index contributed by atoms with van der Waals surface area (Å²) < 4.78 is 10.3. The molecule has 2 aliphatic heterocycles. The Bertz CT molecular complexity index is 350. The molecule has 2 saturated heterocycles. The lowest BCUT2D eigenvalue weighted by Crippen LogP contribution is -2.59. The molecule has 18 heavy (non-hydrogen) atoms. The number of hydrogen-bond donors (Lipinski definition) is 0. The summed E-state index contributed by atoms with van der Waals surface area (Å²) >= 11 is 0. The fraction of sp³-hybridized carbons (Fsp3) is 0.833. The molecular formula is C12H20N2O4. The van der Waals surface area contributed by atoms with E-state index in [0.29, 0.717) is 26.2 Å². The van der Waals surface area contributed by atoms with Gasteiger partial charge in [-0.15, -0.1) is 0 Å². The van der Waals surface area contributed by atoms with Gasteiger partial charge in [0.15, 0.2) is 0 Å². The average molecular weight is 256 g/mol. The summed E-state index contributed by atoms with van der Waals surface area (Å²) in [4.78, 5) is 26.8. The average Bonchev–Trinajstić information content (AvgIpc) is 2.26. The highest BCUT2D eigenvalue weighted by molar-refractivity contribution is 5.71. The Balaban J connectivity index is 1.94. The van der Waals surface area contributed by atoms with E-state index in [0.717, 1.165) is 6.42 Å². The van der Waals surface area contributed by atoms with E-state index in [1.807, 2.05) is 20.8 Å². The molecule has 0 N–H and O–H groups in total. The quantitative estimate of drug-likeness (QED) is 0.658. The number of piperazine rings is 1. The van der Waals surface area contributed by atoms with Crippen molar-refractivity contribution >= 4 is 12.2 Å². The number of fused-ring (bicyclic) bond motifs is 1. The highest BCUT2D eigenvalue weighted by atomic mass is 16.6. The molecule has 0 spiro atoms. The number of hydrogen-bond acceptors (Lipinski definition) is 4. The molecule has 6 nitrogen and oxygen atoms in total. The Hall–Kier alpha value is -1.46. The second kappa shape index (κ2) is 4.66. The maximum absolute atomic E-state index is 11.9. The van der Waals surface area contributed by atoms with Crippen molar-refractivity contribution in [2.75, 3.05) is 26.2 Å². The SMILES string of the molecule is CC(C)(C)OC(=O)N1CCN2C(=O)OCCC2C1. The molecule has 0 aromatic rings. The second-order valence-corrected chi connectivity index (χ2v) is 5.68. The first-order valence-electron chi connectivity index (χ1n) is 6.28. The third-order valence-corrected chi connectivity index (χ3v) is 3.05. The van der Waals surface area contributed by atoms with Crippen LogP contribution in [0.2, 0.25) is 0 Å². The van der Waals surface area contributed by atoms with Gasteiger partial charge in [-0.05, 0) is 20.8 Å². The van der Waals surface area contributed by atoms with Crippen LogP contribution in [0, 0.1) is 0 Å². The van der Waals surface area contributed by atoms with Crippen LogP contribution in [0.3, 0.4) is 0 Å². The van der Waals surface area contributed by atoms with E-state index < -0.39 is 5.60 Å². The third-order valence-electron chi connectivity index (χ3n) is 3.05. The van der Waals surface area contributed by atoms with Gasteiger partial charge in [0.05, 0.1) is 12.6 Å². The Morgan fingerprint density at radius 1 is 1.39 bits per heavy atom. The van der Waals surface area contributed by atoms with Gasteiger partial charge in [-0.2, -0.15) is 0 Å². The Labute approximate surface area is 107 Å². The summed E-state index contributed by atoms with van der Waals surface area (Å²) in [6, 6.07) is 0.0625. The molecule has 2 fully saturated rings. The van der Waals surface area contributed by atoms with Crippen molar-refractivity contribution in [2.24, 2.45) is 0 Å². The van der Waals surface area contributed by atoms with Crippen LogP contribution < -0.4 is 0 Å². The number of rotatable bonds is 0. The van der Waals surface area contributed by atoms with Crippen LogP contribution in [0.5, 0.6) is 0 Å². The maximum atomic E-state index is 11.9. The minimum atomic E-state index is -0.486. The molecule has 0 radical (unpaired) electrons. The summed E-state index contributed by atoms with van der Waals surface area (Å²) in [5.41, 5.74) is -0.486. The standard InChI is InChI=1S/C12H20N2O4/c1-12(2,3)18-10(15)13-5-6-14-9(8-13)4-7-17-11(14)16/h9H,4-8H2,1-3H3. The summed E-state index contributed by atoms with van der Waals surface area (Å²) in [6.45, 7) is 7.52. The zero-order chi connectivity index (χ0) is 13.3. The number of carbonyl (C=O) groups excluding carboxylic acids is 2. The predicted octanol–water partition coefficient (Wildman–Crippen LogP) is 1.45. The van der Waals surface area contributed by atoms with Gasteiger partial charge in [0.1, 0.15) is 5.60 Å². The maximum Gasteiger partial charge on any atom is 0.410 e. The number of amides is 2. The van der Waals surface area contributed by atoms with E-state index in [2.05, 4.69) is 0 Å². The summed E-state index contributed by atoms with van der Waals surface area (Å²) in [7, 11) is 0. The van der Waals surface area contributed by atoms with E-state index in [1.165, 1.54) is 0 Å². The molecule has 0 aliphatic carbocycles. The van der Waals surface area contributed by atoms with Crippen molar-refractivity contribution in [3.05, 3.63) is 0 Å². The van der Waals surface area contributed by atoms with Gasteiger partial charge in [0.2, 0.25) is 0 Å². The monoisotopic (exact) mass is 256 g/mol. The number of nitrogens with zero attached hydrogens (tertiary/aromatic N) is 2. The van der Waals surface area contributed by atoms with Gasteiger partial charge < -0.3 is 19.3 Å². The van der Waals surface area contributed by atoms with Crippen LogP contribution in [-0.2, 0) is 9.47 Å². The van der Waals surface area contributed by atoms with Crippen LogP contribution in [0.25, 0.3) is 0 Å². The van der Waals surface area contributed by atoms with Gasteiger partial charge >= 0.3 is 12.2 Å². The normalized spacial score (nSPS) is 24.4. The zero-order valence-corrected chi connectivity index (χ0v) is 11.1. The Morgan fingerprint density at radius 3 is 2.78 bits per heavy atom. The van der Waals surface area contributed by atoms with Crippen LogP contribution in [0.15, 0.2) is 0 Å². The molecule has 0 bridgehead atoms. The predicted molar refractivity (Wildman–Crippen MR) is 64.3 cm³/mol. The molecule has 2 aliphatic rings. The number of cyclic esters (lactones) is 1. The Kier molecular flexibility index (Phi) is 3.36. The first-order chi connectivity index (χ1) is 8.37. The zero-order valence-electron chi connectivity index (χ0n) is 11.1. The number of carbonyl (C=O) groups is 2. The van der Waals surface area contributed by atoms with E-state index in [1.54, 1.807) is 9.80 Å². The largest absolute Gasteiger partial charge is 0.449 e. The Morgan fingerprint density at radius 2 is 2.11 bits per heavy atom. The van der Waals surface area contributed by atoms with Crippen LogP contribution >= 0.6 is 0 Å². The van der Waals surface area contributed by atoms with Gasteiger partial charge in [-0.1, -0.05) is 0 Å².